The first-order valence-corrected chi connectivity index (χ1v) is 11.0. The average molecular weight is 476 g/mol. The van der Waals surface area contributed by atoms with Gasteiger partial charge >= 0.3 is 5.97 Å². The average Bonchev–Trinajstić information content (AvgIpc) is 2.91. The highest BCUT2D eigenvalue weighted by molar-refractivity contribution is 6.16. The molecular weight excluding hydrogens is 446 g/mol. The number of hydrogen-bond acceptors (Lipinski definition) is 7. The minimum absolute atomic E-state index is 0.179. The smallest absolute Gasteiger partial charge is 0.341 e. The van der Waals surface area contributed by atoms with Crippen LogP contribution in [0.1, 0.15) is 35.3 Å². The molecule has 0 amide bonds. The normalized spacial score (nSPS) is 12.2. The van der Waals surface area contributed by atoms with Gasteiger partial charge in [-0.1, -0.05) is 59.8 Å². The summed E-state index contributed by atoms with van der Waals surface area (Å²) in [5.41, 5.74) is 3.55. The lowest BCUT2D eigenvalue weighted by Gasteiger charge is -2.15. The highest BCUT2D eigenvalue weighted by Crippen LogP contribution is 2.30. The lowest BCUT2D eigenvalue weighted by atomic mass is 10.0. The predicted octanol–water partition coefficient (Wildman–Crippen LogP) is 5.55. The molecule has 0 aliphatic heterocycles. The molecule has 7 nitrogen and oxygen atoms in total. The summed E-state index contributed by atoms with van der Waals surface area (Å²) in [4.78, 5) is 17.8. The second-order valence-corrected chi connectivity index (χ2v) is 7.51. The number of methoxy groups -OCH3 is 3. The van der Waals surface area contributed by atoms with E-state index in [1.165, 1.54) is 20.5 Å². The van der Waals surface area contributed by atoms with Gasteiger partial charge in [0.2, 0.25) is 0 Å². The van der Waals surface area contributed by atoms with Crippen LogP contribution in [0.3, 0.4) is 0 Å². The van der Waals surface area contributed by atoms with Crippen LogP contribution in [0, 0.1) is 0 Å². The molecule has 3 rings (SSSR count). The van der Waals surface area contributed by atoms with Crippen molar-refractivity contribution in [1.82, 2.24) is 0 Å². The third-order valence-corrected chi connectivity index (χ3v) is 5.21. The minimum Gasteiger partial charge on any atom is -0.503 e. The van der Waals surface area contributed by atoms with Gasteiger partial charge in [-0.2, -0.15) is 0 Å². The van der Waals surface area contributed by atoms with Gasteiger partial charge in [0.15, 0.2) is 11.5 Å². The fourth-order valence-corrected chi connectivity index (χ4v) is 3.37. The molecule has 1 atom stereocenters. The van der Waals surface area contributed by atoms with Gasteiger partial charge in [-0.05, 0) is 41.8 Å². The summed E-state index contributed by atoms with van der Waals surface area (Å²) in [6.45, 7) is 2.13. The zero-order valence-electron chi connectivity index (χ0n) is 20.3. The number of esters is 1. The summed E-state index contributed by atoms with van der Waals surface area (Å²) in [5.74, 6) is 0.594. The second-order valence-electron chi connectivity index (χ2n) is 7.51. The van der Waals surface area contributed by atoms with Crippen LogP contribution in [-0.4, -0.2) is 33.5 Å². The highest BCUT2D eigenvalue weighted by Gasteiger charge is 2.17. The summed E-state index contributed by atoms with van der Waals surface area (Å²) in [6, 6.07) is 22.7. The van der Waals surface area contributed by atoms with Crippen molar-refractivity contribution in [1.29, 1.82) is 0 Å². The summed E-state index contributed by atoms with van der Waals surface area (Å²) in [6.07, 6.45) is 2.80. The van der Waals surface area contributed by atoms with Crippen molar-refractivity contribution in [2.24, 2.45) is 5.16 Å². The molecule has 0 saturated carbocycles. The Morgan fingerprint density at radius 3 is 2.40 bits per heavy atom. The molecule has 3 aromatic rings. The molecule has 182 valence electrons. The molecule has 35 heavy (non-hydrogen) atoms. The number of oxime groups is 1. The summed E-state index contributed by atoms with van der Waals surface area (Å²) >= 11 is 0. The van der Waals surface area contributed by atoms with Crippen molar-refractivity contribution in [2.75, 3.05) is 21.3 Å². The third-order valence-electron chi connectivity index (χ3n) is 5.21. The molecule has 3 aromatic carbocycles. The fraction of sp³-hybridized carbons (Fsp3) is 0.214. The van der Waals surface area contributed by atoms with Crippen LogP contribution in [0.5, 0.6) is 11.5 Å². The van der Waals surface area contributed by atoms with E-state index in [0.29, 0.717) is 22.6 Å². The first-order chi connectivity index (χ1) is 17.1. The van der Waals surface area contributed by atoms with Crippen molar-refractivity contribution >= 4 is 17.8 Å². The van der Waals surface area contributed by atoms with E-state index in [1.54, 1.807) is 19.4 Å². The molecule has 7 heteroatoms. The van der Waals surface area contributed by atoms with Crippen molar-refractivity contribution in [3.63, 3.8) is 0 Å². The van der Waals surface area contributed by atoms with Crippen LogP contribution in [0.25, 0.3) is 5.57 Å². The predicted molar refractivity (Wildman–Crippen MR) is 134 cm³/mol. The number of carbonyl (C=O) groups is 1. The summed E-state index contributed by atoms with van der Waals surface area (Å²) in [5, 5.41) is 4.13. The van der Waals surface area contributed by atoms with Crippen molar-refractivity contribution in [3.8, 4) is 11.5 Å². The van der Waals surface area contributed by atoms with Gasteiger partial charge in [0, 0.05) is 5.56 Å². The molecule has 1 unspecified atom stereocenters. The number of nitrogens with zero attached hydrogens (tertiary/aromatic N) is 1. The monoisotopic (exact) mass is 475 g/mol. The number of ether oxygens (including phenoxy) is 4. The molecule has 0 saturated heterocycles. The van der Waals surface area contributed by atoms with Gasteiger partial charge in [-0.15, -0.1) is 0 Å². The molecule has 0 aromatic heterocycles. The molecule has 0 fully saturated rings. The summed E-state index contributed by atoms with van der Waals surface area (Å²) in [7, 11) is 4.38. The maximum atomic E-state index is 12.3. The summed E-state index contributed by atoms with van der Waals surface area (Å²) < 4.78 is 21.5. The molecule has 0 aliphatic rings. The van der Waals surface area contributed by atoms with Crippen LogP contribution in [0.2, 0.25) is 0 Å². The van der Waals surface area contributed by atoms with Crippen molar-refractivity contribution in [3.05, 3.63) is 101 Å². The van der Waals surface area contributed by atoms with Crippen molar-refractivity contribution < 1.29 is 28.6 Å². The Morgan fingerprint density at radius 1 is 0.943 bits per heavy atom. The van der Waals surface area contributed by atoms with E-state index in [2.05, 4.69) is 5.16 Å². The number of rotatable bonds is 11. The topological polar surface area (TPSA) is 75.6 Å². The van der Waals surface area contributed by atoms with E-state index >= 15 is 0 Å². The Bertz CT molecular complexity index is 1170. The largest absolute Gasteiger partial charge is 0.503 e. The van der Waals surface area contributed by atoms with E-state index in [9.17, 15) is 4.79 Å². The standard InChI is InChI=1S/C28H29NO6/c1-20(22-10-6-5-7-11-22)35-29-17-21-14-15-26(32-3)27(16-21)34-18-23-12-8-9-13-24(23)25(19-31-2)28(30)33-4/h5-17,19-20H,18H2,1-4H3/b25-19-,29-17+. The van der Waals surface area contributed by atoms with E-state index in [0.717, 1.165) is 16.7 Å². The zero-order valence-corrected chi connectivity index (χ0v) is 20.3. The molecule has 0 N–H and O–H groups in total. The molecule has 0 spiro atoms. The number of carbonyl (C=O) groups excluding carboxylic acids is 1. The maximum Gasteiger partial charge on any atom is 0.341 e. The number of benzene rings is 3. The lowest BCUT2D eigenvalue weighted by Crippen LogP contribution is -2.08. The van der Waals surface area contributed by atoms with Gasteiger partial charge in [0.05, 0.1) is 33.8 Å². The first kappa shape index (κ1) is 25.4. The van der Waals surface area contributed by atoms with E-state index in [1.807, 2.05) is 73.7 Å². The zero-order chi connectivity index (χ0) is 25.0. The molecule has 0 heterocycles. The third kappa shape index (κ3) is 6.86. The Morgan fingerprint density at radius 2 is 1.69 bits per heavy atom. The van der Waals surface area contributed by atoms with Gasteiger partial charge < -0.3 is 23.8 Å². The molecule has 0 bridgehead atoms. The van der Waals surface area contributed by atoms with E-state index in [4.69, 9.17) is 23.8 Å². The quantitative estimate of drug-likeness (QED) is 0.119. The van der Waals surface area contributed by atoms with Gasteiger partial charge in [-0.25, -0.2) is 4.79 Å². The van der Waals surface area contributed by atoms with Crippen molar-refractivity contribution in [2.45, 2.75) is 19.6 Å². The Balaban J connectivity index is 1.76. The molecule has 0 radical (unpaired) electrons. The number of hydrogen-bond donors (Lipinski definition) is 0. The Hall–Kier alpha value is -4.26. The SMILES string of the molecule is CO/C=C(\C(=O)OC)c1ccccc1COc1cc(/C=N/OC(C)c2ccccc2)ccc1OC. The fourth-order valence-electron chi connectivity index (χ4n) is 3.37. The van der Waals surface area contributed by atoms with E-state index in [-0.39, 0.29) is 12.7 Å². The first-order valence-electron chi connectivity index (χ1n) is 11.0. The van der Waals surface area contributed by atoms with Gasteiger partial charge in [-0.3, -0.25) is 0 Å². The van der Waals surface area contributed by atoms with Crippen LogP contribution >= 0.6 is 0 Å². The highest BCUT2D eigenvalue weighted by atomic mass is 16.6. The minimum atomic E-state index is -0.500. The van der Waals surface area contributed by atoms with Crippen LogP contribution in [0.15, 0.2) is 84.2 Å². The Kier molecular flexibility index (Phi) is 9.31. The Labute approximate surface area is 205 Å². The van der Waals surface area contributed by atoms with Crippen LogP contribution in [0.4, 0.5) is 0 Å². The van der Waals surface area contributed by atoms with Crippen LogP contribution < -0.4 is 9.47 Å². The van der Waals surface area contributed by atoms with Crippen LogP contribution in [-0.2, 0) is 25.7 Å². The maximum absolute atomic E-state index is 12.3. The van der Waals surface area contributed by atoms with Gasteiger partial charge in [0.25, 0.3) is 0 Å². The molecular formula is C28H29NO6. The van der Waals surface area contributed by atoms with Gasteiger partial charge in [0.1, 0.15) is 18.3 Å². The second kappa shape index (κ2) is 12.8. The molecule has 0 aliphatic carbocycles. The lowest BCUT2D eigenvalue weighted by molar-refractivity contribution is -0.133. The van der Waals surface area contributed by atoms with E-state index < -0.39 is 5.97 Å².